The van der Waals surface area contributed by atoms with Gasteiger partial charge in [-0.25, -0.2) is 0 Å². The topological polar surface area (TPSA) is 0 Å². The predicted molar refractivity (Wildman–Crippen MR) is 68.6 cm³/mol. The molecule has 0 saturated heterocycles. The standard InChI is InChI=1S/C15H25/c1-12(2)15-10-8-13(3)6-5-7-14(4)9-11-15/h6,9,11-12,15H,5,7-8,10H2,1-4H3/q+1/b13-6+,14-9+. The van der Waals surface area contributed by atoms with Gasteiger partial charge in [0.2, 0.25) is 0 Å². The third kappa shape index (κ3) is 4.59. The molecule has 0 fully saturated rings. The van der Waals surface area contributed by atoms with E-state index in [-0.39, 0.29) is 0 Å². The molecular weight excluding hydrogens is 180 g/mol. The van der Waals surface area contributed by atoms with Gasteiger partial charge in [0.1, 0.15) is 0 Å². The van der Waals surface area contributed by atoms with E-state index in [1.54, 1.807) is 5.57 Å². The van der Waals surface area contributed by atoms with Crippen molar-refractivity contribution in [2.75, 3.05) is 0 Å². The van der Waals surface area contributed by atoms with Crippen LogP contribution in [0.25, 0.3) is 0 Å². The lowest BCUT2D eigenvalue weighted by atomic mass is 9.85. The Morgan fingerprint density at radius 2 is 1.93 bits per heavy atom. The normalized spacial score (nSPS) is 31.1. The first kappa shape index (κ1) is 12.4. The zero-order chi connectivity index (χ0) is 11.3. The lowest BCUT2D eigenvalue weighted by Crippen LogP contribution is -2.09. The minimum atomic E-state index is 0.751. The van der Waals surface area contributed by atoms with Crippen LogP contribution in [0.2, 0.25) is 0 Å². The van der Waals surface area contributed by atoms with Crippen molar-refractivity contribution in [2.45, 2.75) is 53.4 Å². The van der Waals surface area contributed by atoms with Crippen molar-refractivity contribution in [3.05, 3.63) is 29.7 Å². The van der Waals surface area contributed by atoms with Crippen LogP contribution in [0.15, 0.2) is 23.3 Å². The molecular formula is C15H25+. The molecule has 0 aromatic carbocycles. The Morgan fingerprint density at radius 3 is 2.60 bits per heavy atom. The first-order chi connectivity index (χ1) is 7.09. The van der Waals surface area contributed by atoms with Gasteiger partial charge in [0, 0.05) is 25.7 Å². The van der Waals surface area contributed by atoms with E-state index in [0.717, 1.165) is 11.8 Å². The second-order valence-corrected chi connectivity index (χ2v) is 5.24. The molecule has 0 aliphatic heterocycles. The molecule has 0 nitrogen and oxygen atoms in total. The van der Waals surface area contributed by atoms with Gasteiger partial charge in [-0.2, -0.15) is 0 Å². The summed E-state index contributed by atoms with van der Waals surface area (Å²) in [5.74, 6) is 1.52. The van der Waals surface area contributed by atoms with Crippen molar-refractivity contribution >= 4 is 0 Å². The predicted octanol–water partition coefficient (Wildman–Crippen LogP) is 4.93. The van der Waals surface area contributed by atoms with E-state index in [0.29, 0.717) is 0 Å². The fourth-order valence-electron chi connectivity index (χ4n) is 2.07. The number of allylic oxidation sites excluding steroid dienone is 4. The quantitative estimate of drug-likeness (QED) is 0.420. The molecule has 1 atom stereocenters. The lowest BCUT2D eigenvalue weighted by molar-refractivity contribution is 0.416. The van der Waals surface area contributed by atoms with Crippen LogP contribution >= 0.6 is 0 Å². The number of rotatable bonds is 1. The summed E-state index contributed by atoms with van der Waals surface area (Å²) in [7, 11) is 0. The lowest BCUT2D eigenvalue weighted by Gasteiger charge is -2.16. The van der Waals surface area contributed by atoms with Crippen LogP contribution in [-0.4, -0.2) is 0 Å². The van der Waals surface area contributed by atoms with Gasteiger partial charge in [-0.05, 0) is 32.1 Å². The van der Waals surface area contributed by atoms with E-state index in [2.05, 4.69) is 46.3 Å². The average molecular weight is 205 g/mol. The Morgan fingerprint density at radius 1 is 1.20 bits per heavy atom. The van der Waals surface area contributed by atoms with Gasteiger partial charge < -0.3 is 0 Å². The van der Waals surface area contributed by atoms with Crippen molar-refractivity contribution in [1.82, 2.24) is 0 Å². The van der Waals surface area contributed by atoms with E-state index in [4.69, 9.17) is 0 Å². The first-order valence-corrected chi connectivity index (χ1v) is 6.26. The van der Waals surface area contributed by atoms with Gasteiger partial charge in [0.15, 0.2) is 0 Å². The third-order valence-electron chi connectivity index (χ3n) is 3.39. The van der Waals surface area contributed by atoms with Gasteiger partial charge in [0.05, 0.1) is 11.6 Å². The highest BCUT2D eigenvalue weighted by atomic mass is 14.2. The van der Waals surface area contributed by atoms with Gasteiger partial charge in [-0.1, -0.05) is 25.5 Å². The van der Waals surface area contributed by atoms with E-state index >= 15 is 0 Å². The minimum Gasteiger partial charge on any atom is -0.0835 e. The summed E-state index contributed by atoms with van der Waals surface area (Å²) in [4.78, 5) is 0. The molecule has 0 aromatic heterocycles. The number of hydrogen-bond acceptors (Lipinski definition) is 0. The molecule has 0 radical (unpaired) electrons. The molecule has 0 N–H and O–H groups in total. The molecule has 0 aromatic rings. The highest BCUT2D eigenvalue weighted by Gasteiger charge is 2.17. The molecule has 1 aliphatic carbocycles. The summed E-state index contributed by atoms with van der Waals surface area (Å²) in [6.45, 7) is 9.18. The zero-order valence-corrected chi connectivity index (χ0v) is 10.7. The summed E-state index contributed by atoms with van der Waals surface area (Å²) < 4.78 is 0. The smallest absolute Gasteiger partial charge is 0.0835 e. The van der Waals surface area contributed by atoms with Crippen molar-refractivity contribution < 1.29 is 0 Å². The molecule has 1 rings (SSSR count). The first-order valence-electron chi connectivity index (χ1n) is 6.26. The van der Waals surface area contributed by atoms with Gasteiger partial charge >= 0.3 is 0 Å². The summed E-state index contributed by atoms with van der Waals surface area (Å²) in [5, 5.41) is 0. The van der Waals surface area contributed by atoms with Crippen LogP contribution in [0.3, 0.4) is 0 Å². The molecule has 84 valence electrons. The summed E-state index contributed by atoms with van der Waals surface area (Å²) in [6, 6.07) is 0. The van der Waals surface area contributed by atoms with Crippen molar-refractivity contribution in [3.63, 3.8) is 0 Å². The summed E-state index contributed by atoms with van der Waals surface area (Å²) >= 11 is 0. The second kappa shape index (κ2) is 6.05. The van der Waals surface area contributed by atoms with Crippen LogP contribution in [0.1, 0.15) is 53.4 Å². The van der Waals surface area contributed by atoms with Crippen molar-refractivity contribution in [1.29, 1.82) is 0 Å². The molecule has 0 spiro atoms. The molecule has 15 heavy (non-hydrogen) atoms. The Labute approximate surface area is 95.5 Å². The minimum absolute atomic E-state index is 0.751. The highest BCUT2D eigenvalue weighted by Crippen LogP contribution is 2.25. The molecule has 0 bridgehead atoms. The van der Waals surface area contributed by atoms with Crippen molar-refractivity contribution in [2.24, 2.45) is 11.8 Å². The SMILES string of the molecule is C/C1=C\[CH+]C(C(C)C)CC/C(C)=C/CC1. The third-order valence-corrected chi connectivity index (χ3v) is 3.39. The number of hydrogen-bond donors (Lipinski definition) is 0. The average Bonchev–Trinajstić information content (AvgIpc) is 2.16. The Balaban J connectivity index is 2.66. The van der Waals surface area contributed by atoms with Crippen LogP contribution in [-0.2, 0) is 0 Å². The van der Waals surface area contributed by atoms with Crippen molar-refractivity contribution in [3.8, 4) is 0 Å². The Bertz CT molecular complexity index is 243. The molecule has 0 heteroatoms. The highest BCUT2D eigenvalue weighted by molar-refractivity contribution is 5.11. The maximum atomic E-state index is 2.43. The second-order valence-electron chi connectivity index (χ2n) is 5.24. The van der Waals surface area contributed by atoms with Gasteiger partial charge in [0.25, 0.3) is 0 Å². The van der Waals surface area contributed by atoms with E-state index in [9.17, 15) is 0 Å². The molecule has 0 heterocycles. The fraction of sp³-hybridized carbons (Fsp3) is 0.667. The maximum absolute atomic E-state index is 2.43. The molecule has 1 unspecified atom stereocenters. The Kier molecular flexibility index (Phi) is 5.01. The summed E-state index contributed by atoms with van der Waals surface area (Å²) in [6.07, 6.45) is 12.2. The fourth-order valence-corrected chi connectivity index (χ4v) is 2.07. The summed E-state index contributed by atoms with van der Waals surface area (Å²) in [5.41, 5.74) is 3.09. The van der Waals surface area contributed by atoms with Gasteiger partial charge in [-0.3, -0.25) is 0 Å². The van der Waals surface area contributed by atoms with Crippen LogP contribution in [0, 0.1) is 18.3 Å². The van der Waals surface area contributed by atoms with Gasteiger partial charge in [-0.15, -0.1) is 0 Å². The van der Waals surface area contributed by atoms with Crippen LogP contribution in [0.5, 0.6) is 0 Å². The zero-order valence-electron chi connectivity index (χ0n) is 10.7. The van der Waals surface area contributed by atoms with E-state index in [1.165, 1.54) is 31.3 Å². The van der Waals surface area contributed by atoms with Crippen LogP contribution < -0.4 is 0 Å². The van der Waals surface area contributed by atoms with E-state index in [1.807, 2.05) is 0 Å². The molecule has 1 aliphatic rings. The largest absolute Gasteiger partial charge is 0.0922 e. The van der Waals surface area contributed by atoms with E-state index < -0.39 is 0 Å². The van der Waals surface area contributed by atoms with Crippen LogP contribution in [0.4, 0.5) is 0 Å². The Hall–Kier alpha value is -0.650. The molecule has 0 saturated carbocycles. The monoisotopic (exact) mass is 205 g/mol. The molecule has 0 amide bonds. The maximum Gasteiger partial charge on any atom is 0.0922 e.